The van der Waals surface area contributed by atoms with Crippen LogP contribution in [0.5, 0.6) is 5.75 Å². The summed E-state index contributed by atoms with van der Waals surface area (Å²) < 4.78 is 14.7. The van der Waals surface area contributed by atoms with E-state index >= 15 is 0 Å². The molecule has 24 heavy (non-hydrogen) atoms. The number of phenolic OH excluding ortho intramolecular Hbond substituents is 1. The summed E-state index contributed by atoms with van der Waals surface area (Å²) in [6.45, 7) is 2.46. The van der Waals surface area contributed by atoms with Gasteiger partial charge in [0.05, 0.1) is 16.9 Å². The molecule has 1 amide bonds. The minimum absolute atomic E-state index is 0.0887. The van der Waals surface area contributed by atoms with Gasteiger partial charge in [-0.05, 0) is 24.3 Å². The van der Waals surface area contributed by atoms with Gasteiger partial charge in [0, 0.05) is 30.7 Å². The number of amides is 1. The largest absolute Gasteiger partial charge is 0.506 e. The Bertz CT molecular complexity index is 776. The lowest BCUT2D eigenvalue weighted by Gasteiger charge is -2.38. The number of phenols is 1. The number of carbonyl (C=O) groups is 1. The molecule has 1 aliphatic heterocycles. The summed E-state index contributed by atoms with van der Waals surface area (Å²) in [4.78, 5) is 15.6. The van der Waals surface area contributed by atoms with Gasteiger partial charge in [-0.1, -0.05) is 28.1 Å². The molecular formula is C17H17BrFN3O2. The van der Waals surface area contributed by atoms with Crippen molar-refractivity contribution in [3.63, 3.8) is 0 Å². The highest BCUT2D eigenvalue weighted by Crippen LogP contribution is 2.31. The lowest BCUT2D eigenvalue weighted by atomic mass is 10.1. The van der Waals surface area contributed by atoms with Gasteiger partial charge in [-0.3, -0.25) is 4.79 Å². The molecule has 0 unspecified atom stereocenters. The Labute approximate surface area is 147 Å². The standard InChI is InChI=1S/C17H17BrFN3O2/c18-11-9-12(19)16(17(20)24)14(10-11)22-7-5-21(6-8-22)13-3-1-2-4-15(13)23/h1-4,9-10,23H,5-8H2,(H2,20,24). The van der Waals surface area contributed by atoms with Crippen molar-refractivity contribution in [1.29, 1.82) is 0 Å². The molecule has 0 radical (unpaired) electrons. The van der Waals surface area contributed by atoms with Crippen LogP contribution in [0.3, 0.4) is 0 Å². The fourth-order valence-corrected chi connectivity index (χ4v) is 3.39. The molecule has 126 valence electrons. The summed E-state index contributed by atoms with van der Waals surface area (Å²) in [5.74, 6) is -1.18. The zero-order valence-electron chi connectivity index (χ0n) is 12.9. The van der Waals surface area contributed by atoms with E-state index in [1.807, 2.05) is 17.0 Å². The number of rotatable bonds is 3. The number of aromatic hydroxyl groups is 1. The van der Waals surface area contributed by atoms with E-state index in [4.69, 9.17) is 5.73 Å². The maximum absolute atomic E-state index is 14.1. The summed E-state index contributed by atoms with van der Waals surface area (Å²) in [5.41, 5.74) is 6.52. The number of nitrogens with two attached hydrogens (primary N) is 1. The van der Waals surface area contributed by atoms with E-state index in [9.17, 15) is 14.3 Å². The number of carbonyl (C=O) groups excluding carboxylic acids is 1. The van der Waals surface area contributed by atoms with Gasteiger partial charge in [-0.15, -0.1) is 0 Å². The molecule has 3 rings (SSSR count). The Morgan fingerprint density at radius 1 is 1.08 bits per heavy atom. The summed E-state index contributed by atoms with van der Waals surface area (Å²) in [5, 5.41) is 9.96. The van der Waals surface area contributed by atoms with Crippen LogP contribution in [-0.2, 0) is 0 Å². The molecular weight excluding hydrogens is 377 g/mol. The lowest BCUT2D eigenvalue weighted by molar-refractivity contribution is 0.0997. The monoisotopic (exact) mass is 393 g/mol. The fourth-order valence-electron chi connectivity index (χ4n) is 2.97. The van der Waals surface area contributed by atoms with Crippen LogP contribution in [0.1, 0.15) is 10.4 Å². The molecule has 3 N–H and O–H groups in total. The van der Waals surface area contributed by atoms with Gasteiger partial charge in [0.25, 0.3) is 5.91 Å². The van der Waals surface area contributed by atoms with Crippen molar-refractivity contribution in [3.05, 3.63) is 52.3 Å². The van der Waals surface area contributed by atoms with E-state index < -0.39 is 11.7 Å². The van der Waals surface area contributed by atoms with Crippen LogP contribution in [0.2, 0.25) is 0 Å². The number of hydrogen-bond acceptors (Lipinski definition) is 4. The molecule has 2 aromatic rings. The van der Waals surface area contributed by atoms with Crippen molar-refractivity contribution in [2.45, 2.75) is 0 Å². The molecule has 1 aliphatic rings. The molecule has 0 saturated carbocycles. The van der Waals surface area contributed by atoms with Gasteiger partial charge in [-0.25, -0.2) is 4.39 Å². The number of halogens is 2. The Morgan fingerprint density at radius 2 is 1.67 bits per heavy atom. The normalized spacial score (nSPS) is 14.8. The van der Waals surface area contributed by atoms with E-state index in [1.165, 1.54) is 6.07 Å². The van der Waals surface area contributed by atoms with Crippen molar-refractivity contribution < 1.29 is 14.3 Å². The van der Waals surface area contributed by atoms with Gasteiger partial charge in [0.2, 0.25) is 0 Å². The Morgan fingerprint density at radius 3 is 2.25 bits per heavy atom. The number of primary amides is 1. The van der Waals surface area contributed by atoms with Crippen LogP contribution in [0, 0.1) is 5.82 Å². The van der Waals surface area contributed by atoms with Crippen LogP contribution in [0.25, 0.3) is 0 Å². The quantitative estimate of drug-likeness (QED) is 0.840. The summed E-state index contributed by atoms with van der Waals surface area (Å²) in [7, 11) is 0. The van der Waals surface area contributed by atoms with Crippen LogP contribution < -0.4 is 15.5 Å². The topological polar surface area (TPSA) is 69.8 Å². The second-order valence-electron chi connectivity index (χ2n) is 5.61. The van der Waals surface area contributed by atoms with Gasteiger partial charge in [0.1, 0.15) is 11.6 Å². The van der Waals surface area contributed by atoms with Crippen molar-refractivity contribution in [2.75, 3.05) is 36.0 Å². The Kier molecular flexibility index (Phi) is 4.62. The molecule has 5 nitrogen and oxygen atoms in total. The summed E-state index contributed by atoms with van der Waals surface area (Å²) >= 11 is 3.26. The molecule has 2 aromatic carbocycles. The van der Waals surface area contributed by atoms with Crippen LogP contribution >= 0.6 is 15.9 Å². The highest BCUT2D eigenvalue weighted by molar-refractivity contribution is 9.10. The first-order chi connectivity index (χ1) is 11.5. The molecule has 1 saturated heterocycles. The second kappa shape index (κ2) is 6.68. The van der Waals surface area contributed by atoms with Crippen LogP contribution in [0.4, 0.5) is 15.8 Å². The Balaban J connectivity index is 1.83. The third-order valence-corrected chi connectivity index (χ3v) is 4.58. The average Bonchev–Trinajstić information content (AvgIpc) is 2.54. The third-order valence-electron chi connectivity index (χ3n) is 4.12. The minimum atomic E-state index is -0.780. The van der Waals surface area contributed by atoms with Crippen molar-refractivity contribution >= 4 is 33.2 Å². The third kappa shape index (κ3) is 3.17. The summed E-state index contributed by atoms with van der Waals surface area (Å²) in [6, 6.07) is 10.1. The molecule has 7 heteroatoms. The first kappa shape index (κ1) is 16.6. The van der Waals surface area contributed by atoms with E-state index in [0.717, 1.165) is 5.69 Å². The minimum Gasteiger partial charge on any atom is -0.506 e. The second-order valence-corrected chi connectivity index (χ2v) is 6.52. The number of benzene rings is 2. The van der Waals surface area contributed by atoms with E-state index in [1.54, 1.807) is 18.2 Å². The fraction of sp³-hybridized carbons (Fsp3) is 0.235. The molecule has 0 atom stereocenters. The number of nitrogens with zero attached hydrogens (tertiary/aromatic N) is 2. The van der Waals surface area contributed by atoms with E-state index in [0.29, 0.717) is 36.3 Å². The van der Waals surface area contributed by atoms with Gasteiger partial charge >= 0.3 is 0 Å². The molecule has 1 fully saturated rings. The predicted octanol–water partition coefficient (Wildman–Crippen LogP) is 2.72. The van der Waals surface area contributed by atoms with Crippen molar-refractivity contribution in [3.8, 4) is 5.75 Å². The van der Waals surface area contributed by atoms with Gasteiger partial charge < -0.3 is 20.6 Å². The van der Waals surface area contributed by atoms with Gasteiger partial charge in [-0.2, -0.15) is 0 Å². The van der Waals surface area contributed by atoms with Crippen LogP contribution in [0.15, 0.2) is 40.9 Å². The first-order valence-corrected chi connectivity index (χ1v) is 8.33. The van der Waals surface area contributed by atoms with E-state index in [-0.39, 0.29) is 11.3 Å². The average molecular weight is 394 g/mol. The number of hydrogen-bond donors (Lipinski definition) is 2. The molecule has 0 spiro atoms. The maximum Gasteiger partial charge on any atom is 0.253 e. The van der Waals surface area contributed by atoms with Crippen LogP contribution in [-0.4, -0.2) is 37.2 Å². The number of anilines is 2. The van der Waals surface area contributed by atoms with Crippen molar-refractivity contribution in [2.24, 2.45) is 5.73 Å². The predicted molar refractivity (Wildman–Crippen MR) is 95.2 cm³/mol. The maximum atomic E-state index is 14.1. The smallest absolute Gasteiger partial charge is 0.253 e. The van der Waals surface area contributed by atoms with Gasteiger partial charge in [0.15, 0.2) is 0 Å². The number of piperazine rings is 1. The summed E-state index contributed by atoms with van der Waals surface area (Å²) in [6.07, 6.45) is 0. The number of para-hydroxylation sites is 2. The zero-order valence-corrected chi connectivity index (χ0v) is 14.5. The van der Waals surface area contributed by atoms with E-state index in [2.05, 4.69) is 20.8 Å². The lowest BCUT2D eigenvalue weighted by Crippen LogP contribution is -2.47. The molecule has 0 aromatic heterocycles. The highest BCUT2D eigenvalue weighted by atomic mass is 79.9. The molecule has 1 heterocycles. The SMILES string of the molecule is NC(=O)c1c(F)cc(Br)cc1N1CCN(c2ccccc2O)CC1. The highest BCUT2D eigenvalue weighted by Gasteiger charge is 2.24. The molecule has 0 aliphatic carbocycles. The first-order valence-electron chi connectivity index (χ1n) is 7.54. The molecule has 0 bridgehead atoms. The Hall–Kier alpha value is -2.28. The van der Waals surface area contributed by atoms with Crippen molar-refractivity contribution in [1.82, 2.24) is 0 Å². The zero-order chi connectivity index (χ0) is 17.3.